The molecular formula is C17H13ClN6O2. The van der Waals surface area contributed by atoms with Crippen molar-refractivity contribution in [3.8, 4) is 5.69 Å². The minimum atomic E-state index is -0.974. The lowest BCUT2D eigenvalue weighted by Crippen LogP contribution is -2.11. The van der Waals surface area contributed by atoms with Gasteiger partial charge in [0.1, 0.15) is 23.9 Å². The number of nitrogens with zero attached hydrogens (tertiary/aromatic N) is 6. The Hall–Kier alpha value is -3.13. The van der Waals surface area contributed by atoms with Gasteiger partial charge in [0.2, 0.25) is 0 Å². The van der Waals surface area contributed by atoms with Crippen LogP contribution in [0.4, 0.5) is 0 Å². The van der Waals surface area contributed by atoms with Crippen LogP contribution in [0, 0.1) is 6.92 Å². The summed E-state index contributed by atoms with van der Waals surface area (Å²) in [5.41, 5.74) is 2.59. The number of rotatable bonds is 3. The number of hydrogen-bond acceptors (Lipinski definition) is 6. The summed E-state index contributed by atoms with van der Waals surface area (Å²) < 4.78 is 1.76. The summed E-state index contributed by atoms with van der Waals surface area (Å²) in [6, 6.07) is 6.45. The topological polar surface area (TPSA) is 106 Å². The highest BCUT2D eigenvalue weighted by Gasteiger charge is 2.30. The molecule has 2 aromatic heterocycles. The molecule has 0 saturated carbocycles. The third-order valence-electron chi connectivity index (χ3n) is 4.08. The van der Waals surface area contributed by atoms with Crippen LogP contribution in [0.3, 0.4) is 0 Å². The molecule has 0 bridgehead atoms. The second kappa shape index (κ2) is 6.30. The van der Waals surface area contributed by atoms with Gasteiger partial charge in [-0.1, -0.05) is 23.7 Å². The maximum Gasteiger partial charge on any atom is 0.306 e. The van der Waals surface area contributed by atoms with Gasteiger partial charge in [-0.25, -0.2) is 9.97 Å². The molecule has 1 aromatic carbocycles. The van der Waals surface area contributed by atoms with Gasteiger partial charge in [-0.3, -0.25) is 14.4 Å². The zero-order valence-corrected chi connectivity index (χ0v) is 14.4. The molecule has 1 N–H and O–H groups in total. The van der Waals surface area contributed by atoms with Crippen LogP contribution in [0.15, 0.2) is 41.8 Å². The van der Waals surface area contributed by atoms with Gasteiger partial charge in [0, 0.05) is 10.6 Å². The Bertz CT molecular complexity index is 1030. The van der Waals surface area contributed by atoms with Crippen molar-refractivity contribution in [3.05, 3.63) is 64.7 Å². The predicted molar refractivity (Wildman–Crippen MR) is 93.8 cm³/mol. The summed E-state index contributed by atoms with van der Waals surface area (Å²) >= 11 is 5.99. The molecule has 4 rings (SSSR count). The predicted octanol–water partition coefficient (Wildman–Crippen LogP) is 2.39. The van der Waals surface area contributed by atoms with Crippen LogP contribution in [0.25, 0.3) is 5.69 Å². The normalized spacial score (nSPS) is 15.6. The average Bonchev–Trinajstić information content (AvgIpc) is 2.94. The molecule has 1 aliphatic rings. The van der Waals surface area contributed by atoms with Crippen molar-refractivity contribution in [1.82, 2.24) is 24.7 Å². The lowest BCUT2D eigenvalue weighted by Gasteiger charge is -2.10. The van der Waals surface area contributed by atoms with E-state index in [1.54, 1.807) is 29.8 Å². The molecule has 0 saturated heterocycles. The molecule has 9 heteroatoms. The summed E-state index contributed by atoms with van der Waals surface area (Å²) in [5, 5.41) is 18.2. The molecule has 0 radical (unpaired) electrons. The average molecular weight is 369 g/mol. The van der Waals surface area contributed by atoms with Gasteiger partial charge in [0.15, 0.2) is 5.82 Å². The zero-order chi connectivity index (χ0) is 18.3. The third-order valence-corrected chi connectivity index (χ3v) is 4.33. The first-order valence-electron chi connectivity index (χ1n) is 7.83. The first-order valence-corrected chi connectivity index (χ1v) is 8.20. The molecule has 0 unspecified atom stereocenters. The van der Waals surface area contributed by atoms with Crippen LogP contribution in [0.5, 0.6) is 0 Å². The highest BCUT2D eigenvalue weighted by molar-refractivity contribution is 6.30. The third kappa shape index (κ3) is 2.74. The van der Waals surface area contributed by atoms with Crippen LogP contribution in [-0.2, 0) is 4.79 Å². The number of carboxylic acids is 1. The van der Waals surface area contributed by atoms with Gasteiger partial charge >= 0.3 is 5.97 Å². The maximum absolute atomic E-state index is 11.4. The smallest absolute Gasteiger partial charge is 0.306 e. The summed E-state index contributed by atoms with van der Waals surface area (Å²) in [7, 11) is 0. The molecule has 0 fully saturated rings. The van der Waals surface area contributed by atoms with E-state index in [0.717, 1.165) is 5.56 Å². The summed E-state index contributed by atoms with van der Waals surface area (Å²) in [6.45, 7) is 1.79. The number of aliphatic imine (C=N–C) groups is 1. The molecule has 1 atom stereocenters. The van der Waals surface area contributed by atoms with E-state index in [0.29, 0.717) is 33.8 Å². The molecule has 26 heavy (non-hydrogen) atoms. The van der Waals surface area contributed by atoms with Crippen LogP contribution in [-0.4, -0.2) is 41.5 Å². The fourth-order valence-corrected chi connectivity index (χ4v) is 3.08. The fraction of sp³-hybridized carbons (Fsp3) is 0.176. The quantitative estimate of drug-likeness (QED) is 0.760. The first-order chi connectivity index (χ1) is 12.5. The second-order valence-corrected chi connectivity index (χ2v) is 6.23. The molecule has 130 valence electrons. The number of aryl methyl sites for hydroxylation is 1. The summed E-state index contributed by atoms with van der Waals surface area (Å²) in [5.74, 6) is 0.0855. The van der Waals surface area contributed by atoms with Crippen molar-refractivity contribution in [1.29, 1.82) is 0 Å². The molecule has 3 heterocycles. The van der Waals surface area contributed by atoms with Crippen LogP contribution < -0.4 is 0 Å². The Balaban J connectivity index is 1.99. The van der Waals surface area contributed by atoms with E-state index < -0.39 is 12.0 Å². The van der Waals surface area contributed by atoms with Crippen molar-refractivity contribution in [3.63, 3.8) is 0 Å². The number of aliphatic carboxylic acids is 1. The van der Waals surface area contributed by atoms with Gasteiger partial charge in [-0.2, -0.15) is 0 Å². The number of carboxylic acid groups (broad SMARTS) is 1. The molecule has 0 spiro atoms. The number of hydrogen-bond donors (Lipinski definition) is 1. The number of fused-ring (bicyclic) bond motifs is 3. The van der Waals surface area contributed by atoms with Gasteiger partial charge in [-0.05, 0) is 19.1 Å². The molecule has 3 aromatic rings. The van der Waals surface area contributed by atoms with E-state index in [1.807, 2.05) is 12.1 Å². The Morgan fingerprint density at radius 1 is 1.27 bits per heavy atom. The molecule has 0 amide bonds. The monoisotopic (exact) mass is 368 g/mol. The number of carbonyl (C=O) groups is 1. The molecule has 8 nitrogen and oxygen atoms in total. The van der Waals surface area contributed by atoms with Crippen LogP contribution >= 0.6 is 11.6 Å². The summed E-state index contributed by atoms with van der Waals surface area (Å²) in [6.07, 6.45) is 2.87. The Labute approximate surface area is 153 Å². The maximum atomic E-state index is 11.4. The lowest BCUT2D eigenvalue weighted by molar-refractivity contribution is -0.137. The minimum absolute atomic E-state index is 0.212. The van der Waals surface area contributed by atoms with E-state index in [9.17, 15) is 9.90 Å². The van der Waals surface area contributed by atoms with Crippen molar-refractivity contribution in [2.24, 2.45) is 4.99 Å². The standard InChI is InChI=1S/C17H13ClN6O2/c1-9-22-23-17-12(6-14(25)26)21-15(10-2-4-11(18)5-3-10)16-13(24(9)17)7-19-8-20-16/h2-5,7-8,12H,6H2,1H3,(H,25,26)/t12-/m0/s1. The molecule has 1 aliphatic heterocycles. The van der Waals surface area contributed by atoms with Gasteiger partial charge in [0.05, 0.1) is 24.0 Å². The second-order valence-electron chi connectivity index (χ2n) is 5.80. The van der Waals surface area contributed by atoms with Crippen molar-refractivity contribution < 1.29 is 9.90 Å². The van der Waals surface area contributed by atoms with Crippen LogP contribution in [0.2, 0.25) is 5.02 Å². The lowest BCUT2D eigenvalue weighted by atomic mass is 10.1. The van der Waals surface area contributed by atoms with E-state index in [2.05, 4.69) is 20.2 Å². The van der Waals surface area contributed by atoms with Gasteiger partial charge in [0.25, 0.3) is 0 Å². The fourth-order valence-electron chi connectivity index (χ4n) is 2.96. The number of halogens is 1. The largest absolute Gasteiger partial charge is 0.481 e. The zero-order valence-electron chi connectivity index (χ0n) is 13.7. The van der Waals surface area contributed by atoms with Gasteiger partial charge in [-0.15, -0.1) is 10.2 Å². The highest BCUT2D eigenvalue weighted by atomic mass is 35.5. The van der Waals surface area contributed by atoms with E-state index in [4.69, 9.17) is 16.6 Å². The SMILES string of the molecule is Cc1nnc2n1-c1cncnc1C(c1ccc(Cl)cc1)=N[C@H]2CC(=O)O. The van der Waals surface area contributed by atoms with Crippen molar-refractivity contribution >= 4 is 23.3 Å². The van der Waals surface area contributed by atoms with Crippen molar-refractivity contribution in [2.45, 2.75) is 19.4 Å². The Morgan fingerprint density at radius 2 is 2.04 bits per heavy atom. The highest BCUT2D eigenvalue weighted by Crippen LogP contribution is 2.31. The molecule has 0 aliphatic carbocycles. The van der Waals surface area contributed by atoms with Gasteiger partial charge < -0.3 is 5.11 Å². The first kappa shape index (κ1) is 16.3. The van der Waals surface area contributed by atoms with E-state index in [-0.39, 0.29) is 6.42 Å². The number of aromatic nitrogens is 5. The Morgan fingerprint density at radius 3 is 2.77 bits per heavy atom. The minimum Gasteiger partial charge on any atom is -0.481 e. The Kier molecular flexibility index (Phi) is 3.96. The summed E-state index contributed by atoms with van der Waals surface area (Å²) in [4.78, 5) is 24.6. The molecular weight excluding hydrogens is 356 g/mol. The van der Waals surface area contributed by atoms with Crippen molar-refractivity contribution in [2.75, 3.05) is 0 Å². The number of benzene rings is 1. The van der Waals surface area contributed by atoms with Crippen LogP contribution in [0.1, 0.15) is 35.4 Å². The van der Waals surface area contributed by atoms with E-state index >= 15 is 0 Å². The van der Waals surface area contributed by atoms with E-state index in [1.165, 1.54) is 6.33 Å².